The second-order valence-corrected chi connectivity index (χ2v) is 6.50. The number of benzene rings is 1. The lowest BCUT2D eigenvalue weighted by Crippen LogP contribution is -2.14. The SMILES string of the molecule is Nc1cc2c(s1)CC(Cc1ccc([N+](=O)[O-])cc1)CC2. The molecular formula is C15H16N2O2S. The fraction of sp³-hybridized carbons (Fsp3) is 0.333. The third-order valence-corrected chi connectivity index (χ3v) is 4.91. The zero-order valence-corrected chi connectivity index (χ0v) is 11.9. The van der Waals surface area contributed by atoms with Gasteiger partial charge in [0, 0.05) is 17.0 Å². The van der Waals surface area contributed by atoms with E-state index in [1.54, 1.807) is 23.5 Å². The fourth-order valence-corrected chi connectivity index (χ4v) is 3.96. The minimum Gasteiger partial charge on any atom is -0.391 e. The zero-order valence-electron chi connectivity index (χ0n) is 11.0. The van der Waals surface area contributed by atoms with E-state index < -0.39 is 0 Å². The van der Waals surface area contributed by atoms with Gasteiger partial charge in [0.2, 0.25) is 0 Å². The minimum absolute atomic E-state index is 0.158. The summed E-state index contributed by atoms with van der Waals surface area (Å²) in [5.41, 5.74) is 8.60. The molecular weight excluding hydrogens is 272 g/mol. The van der Waals surface area contributed by atoms with Crippen LogP contribution in [0.15, 0.2) is 30.3 Å². The third-order valence-electron chi connectivity index (χ3n) is 3.88. The summed E-state index contributed by atoms with van der Waals surface area (Å²) in [6.45, 7) is 0. The van der Waals surface area contributed by atoms with Crippen LogP contribution in [0.5, 0.6) is 0 Å². The van der Waals surface area contributed by atoms with Crippen LogP contribution in [0, 0.1) is 16.0 Å². The highest BCUT2D eigenvalue weighted by Gasteiger charge is 2.21. The zero-order chi connectivity index (χ0) is 14.1. The van der Waals surface area contributed by atoms with Gasteiger partial charge >= 0.3 is 0 Å². The van der Waals surface area contributed by atoms with Crippen LogP contribution in [0.3, 0.4) is 0 Å². The molecule has 2 N–H and O–H groups in total. The van der Waals surface area contributed by atoms with E-state index in [0.29, 0.717) is 5.92 Å². The molecule has 0 saturated heterocycles. The molecule has 104 valence electrons. The smallest absolute Gasteiger partial charge is 0.269 e. The van der Waals surface area contributed by atoms with Gasteiger partial charge in [-0.15, -0.1) is 11.3 Å². The monoisotopic (exact) mass is 288 g/mol. The van der Waals surface area contributed by atoms with Crippen LogP contribution in [0.2, 0.25) is 0 Å². The van der Waals surface area contributed by atoms with Gasteiger partial charge in [0.15, 0.2) is 0 Å². The van der Waals surface area contributed by atoms with Crippen LogP contribution in [0.4, 0.5) is 10.7 Å². The van der Waals surface area contributed by atoms with Crippen LogP contribution in [-0.4, -0.2) is 4.92 Å². The molecule has 4 nitrogen and oxygen atoms in total. The maximum atomic E-state index is 10.6. The molecule has 5 heteroatoms. The predicted molar refractivity (Wildman–Crippen MR) is 81.0 cm³/mol. The Bertz CT molecular complexity index is 634. The van der Waals surface area contributed by atoms with Crippen molar-refractivity contribution in [3.8, 4) is 0 Å². The van der Waals surface area contributed by atoms with Crippen LogP contribution in [0.25, 0.3) is 0 Å². The Morgan fingerprint density at radius 1 is 1.35 bits per heavy atom. The molecule has 2 aromatic rings. The highest BCUT2D eigenvalue weighted by Crippen LogP contribution is 2.35. The Morgan fingerprint density at radius 3 is 2.80 bits per heavy atom. The van der Waals surface area contributed by atoms with Crippen LogP contribution in [0.1, 0.15) is 22.4 Å². The van der Waals surface area contributed by atoms with E-state index in [0.717, 1.165) is 24.3 Å². The van der Waals surface area contributed by atoms with Crippen molar-refractivity contribution in [3.63, 3.8) is 0 Å². The number of non-ortho nitro benzene ring substituents is 1. The first-order valence-electron chi connectivity index (χ1n) is 6.72. The van der Waals surface area contributed by atoms with Gasteiger partial charge in [-0.2, -0.15) is 0 Å². The molecule has 3 rings (SSSR count). The number of rotatable bonds is 3. The molecule has 0 aliphatic heterocycles. The van der Waals surface area contributed by atoms with Gasteiger partial charge in [-0.3, -0.25) is 10.1 Å². The molecule has 1 aliphatic carbocycles. The average Bonchev–Trinajstić information content (AvgIpc) is 2.78. The lowest BCUT2D eigenvalue weighted by atomic mass is 9.85. The first-order valence-corrected chi connectivity index (χ1v) is 7.54. The molecule has 1 aromatic heterocycles. The molecule has 1 aromatic carbocycles. The van der Waals surface area contributed by atoms with E-state index >= 15 is 0 Å². The molecule has 0 fully saturated rings. The molecule has 1 atom stereocenters. The molecule has 0 bridgehead atoms. The second-order valence-electron chi connectivity index (χ2n) is 5.33. The van der Waals surface area contributed by atoms with Crippen LogP contribution in [-0.2, 0) is 19.3 Å². The van der Waals surface area contributed by atoms with Gasteiger partial charge in [0.25, 0.3) is 5.69 Å². The quantitative estimate of drug-likeness (QED) is 0.693. The molecule has 0 saturated carbocycles. The number of fused-ring (bicyclic) bond motifs is 1. The van der Waals surface area contributed by atoms with E-state index in [2.05, 4.69) is 6.07 Å². The average molecular weight is 288 g/mol. The number of anilines is 1. The molecule has 1 unspecified atom stereocenters. The summed E-state index contributed by atoms with van der Waals surface area (Å²) < 4.78 is 0. The number of nitrogens with two attached hydrogens (primary N) is 1. The minimum atomic E-state index is -0.356. The number of nitro groups is 1. The molecule has 1 heterocycles. The first-order chi connectivity index (χ1) is 9.61. The van der Waals surface area contributed by atoms with Crippen molar-refractivity contribution in [2.75, 3.05) is 5.73 Å². The summed E-state index contributed by atoms with van der Waals surface area (Å²) in [7, 11) is 0. The Balaban J connectivity index is 1.68. The van der Waals surface area contributed by atoms with Crippen molar-refractivity contribution in [3.05, 3.63) is 56.5 Å². The molecule has 20 heavy (non-hydrogen) atoms. The van der Waals surface area contributed by atoms with E-state index in [-0.39, 0.29) is 10.6 Å². The number of nitrogens with zero attached hydrogens (tertiary/aromatic N) is 1. The maximum Gasteiger partial charge on any atom is 0.269 e. The van der Waals surface area contributed by atoms with E-state index in [1.807, 2.05) is 12.1 Å². The molecule has 1 aliphatic rings. The van der Waals surface area contributed by atoms with Gasteiger partial charge in [0.05, 0.1) is 9.92 Å². The lowest BCUT2D eigenvalue weighted by Gasteiger charge is -2.21. The summed E-state index contributed by atoms with van der Waals surface area (Å²) in [6, 6.07) is 9.02. The summed E-state index contributed by atoms with van der Waals surface area (Å²) in [5.74, 6) is 0.613. The number of hydrogen-bond acceptors (Lipinski definition) is 4. The van der Waals surface area contributed by atoms with Gasteiger partial charge in [-0.05, 0) is 48.8 Å². The van der Waals surface area contributed by atoms with Crippen molar-refractivity contribution in [1.82, 2.24) is 0 Å². The highest BCUT2D eigenvalue weighted by molar-refractivity contribution is 7.16. The Morgan fingerprint density at radius 2 is 2.10 bits per heavy atom. The van der Waals surface area contributed by atoms with Gasteiger partial charge < -0.3 is 5.73 Å². The van der Waals surface area contributed by atoms with Crippen molar-refractivity contribution >= 4 is 22.0 Å². The van der Waals surface area contributed by atoms with Crippen molar-refractivity contribution in [1.29, 1.82) is 0 Å². The van der Waals surface area contributed by atoms with Gasteiger partial charge in [-0.25, -0.2) is 0 Å². The maximum absolute atomic E-state index is 10.6. The molecule has 0 radical (unpaired) electrons. The number of nitrogen functional groups attached to an aromatic ring is 1. The molecule has 0 spiro atoms. The van der Waals surface area contributed by atoms with Crippen molar-refractivity contribution in [2.45, 2.75) is 25.7 Å². The Labute approximate surface area is 121 Å². The lowest BCUT2D eigenvalue weighted by molar-refractivity contribution is -0.384. The Hall–Kier alpha value is -1.88. The second kappa shape index (κ2) is 5.25. The van der Waals surface area contributed by atoms with Crippen molar-refractivity contribution in [2.24, 2.45) is 5.92 Å². The largest absolute Gasteiger partial charge is 0.391 e. The first kappa shape index (κ1) is 13.1. The van der Waals surface area contributed by atoms with E-state index in [9.17, 15) is 10.1 Å². The Kier molecular flexibility index (Phi) is 3.44. The summed E-state index contributed by atoms with van der Waals surface area (Å²) in [5, 5.41) is 11.5. The number of aryl methyl sites for hydroxylation is 1. The summed E-state index contributed by atoms with van der Waals surface area (Å²) >= 11 is 1.70. The standard InChI is InChI=1S/C15H16N2O2S/c16-15-9-12-4-1-11(8-14(12)20-15)7-10-2-5-13(6-3-10)17(18)19/h2-3,5-6,9,11H,1,4,7-8,16H2. The van der Waals surface area contributed by atoms with Crippen LogP contribution >= 0.6 is 11.3 Å². The van der Waals surface area contributed by atoms with Crippen LogP contribution < -0.4 is 5.73 Å². The van der Waals surface area contributed by atoms with Crippen molar-refractivity contribution < 1.29 is 4.92 Å². The molecule has 0 amide bonds. The summed E-state index contributed by atoms with van der Waals surface area (Å²) in [4.78, 5) is 11.7. The number of nitro benzene ring substituents is 1. The number of hydrogen-bond donors (Lipinski definition) is 1. The van der Waals surface area contributed by atoms with E-state index in [4.69, 9.17) is 5.73 Å². The fourth-order valence-electron chi connectivity index (χ4n) is 2.86. The normalized spacial score (nSPS) is 17.7. The van der Waals surface area contributed by atoms with E-state index in [1.165, 1.54) is 22.4 Å². The highest BCUT2D eigenvalue weighted by atomic mass is 32.1. The third kappa shape index (κ3) is 2.67. The van der Waals surface area contributed by atoms with Gasteiger partial charge in [0.1, 0.15) is 0 Å². The summed E-state index contributed by atoms with van der Waals surface area (Å²) in [6.07, 6.45) is 4.32. The number of thiophene rings is 1. The van der Waals surface area contributed by atoms with Gasteiger partial charge in [-0.1, -0.05) is 12.1 Å². The predicted octanol–water partition coefficient (Wildman–Crippen LogP) is 3.59. The topological polar surface area (TPSA) is 69.2 Å².